The van der Waals surface area contributed by atoms with Crippen LogP contribution in [0.2, 0.25) is 0 Å². The van der Waals surface area contributed by atoms with Gasteiger partial charge in [-0.15, -0.1) is 21.5 Å². The predicted octanol–water partition coefficient (Wildman–Crippen LogP) is 5.53. The summed E-state index contributed by atoms with van der Waals surface area (Å²) >= 11 is 3.19. The van der Waals surface area contributed by atoms with Crippen LogP contribution in [0, 0.1) is 0 Å². The number of benzene rings is 2. The van der Waals surface area contributed by atoms with Gasteiger partial charge in [0, 0.05) is 17.8 Å². The number of thiophene rings is 1. The summed E-state index contributed by atoms with van der Waals surface area (Å²) in [6.07, 6.45) is 1.63. The van der Waals surface area contributed by atoms with Gasteiger partial charge in [0.15, 0.2) is 5.16 Å². The number of thioether (sulfide) groups is 1. The van der Waals surface area contributed by atoms with Gasteiger partial charge in [-0.05, 0) is 42.8 Å². The molecule has 1 N–H and O–H groups in total. The molecule has 2 aromatic carbocycles. The quantitative estimate of drug-likeness (QED) is 0.306. The standard InChI is InChI=1S/C26H28N4OS2/c1-19(22-12-7-4-8-13-22)27-25(31)20(2)33-26-29-28-24(18-23-14-9-17-32-23)30(26)16-15-21-10-5-3-6-11-21/h3-14,17,19-20H,15-16,18H2,1-2H3,(H,27,31)/t19-,20+/m1/s1. The van der Waals surface area contributed by atoms with Crippen molar-refractivity contribution >= 4 is 29.0 Å². The number of nitrogens with one attached hydrogen (secondary N) is 1. The van der Waals surface area contributed by atoms with E-state index in [0.29, 0.717) is 0 Å². The summed E-state index contributed by atoms with van der Waals surface area (Å²) in [5.41, 5.74) is 2.36. The number of carbonyl (C=O) groups excluding carboxylic acids is 1. The van der Waals surface area contributed by atoms with Crippen LogP contribution in [-0.4, -0.2) is 25.9 Å². The van der Waals surface area contributed by atoms with E-state index in [1.165, 1.54) is 22.2 Å². The SMILES string of the molecule is C[C@H](Sc1nnc(Cc2cccs2)n1CCc1ccccc1)C(=O)N[C@H](C)c1ccccc1. The van der Waals surface area contributed by atoms with Gasteiger partial charge in [0.05, 0.1) is 11.3 Å². The van der Waals surface area contributed by atoms with Crippen molar-refractivity contribution < 1.29 is 4.79 Å². The molecule has 0 fully saturated rings. The van der Waals surface area contributed by atoms with Gasteiger partial charge in [0.2, 0.25) is 5.91 Å². The summed E-state index contributed by atoms with van der Waals surface area (Å²) in [5.74, 6) is 0.926. The third kappa shape index (κ3) is 6.33. The average Bonchev–Trinajstić information content (AvgIpc) is 3.49. The molecule has 2 aromatic heterocycles. The van der Waals surface area contributed by atoms with Gasteiger partial charge in [-0.25, -0.2) is 0 Å². The molecule has 2 heterocycles. The van der Waals surface area contributed by atoms with Crippen LogP contribution in [0.15, 0.2) is 83.3 Å². The highest BCUT2D eigenvalue weighted by molar-refractivity contribution is 8.00. The van der Waals surface area contributed by atoms with Gasteiger partial charge >= 0.3 is 0 Å². The third-order valence-electron chi connectivity index (χ3n) is 5.48. The van der Waals surface area contributed by atoms with Crippen molar-refractivity contribution in [2.45, 2.75) is 49.7 Å². The molecular formula is C26H28N4OS2. The number of nitrogens with zero attached hydrogens (tertiary/aromatic N) is 3. The van der Waals surface area contributed by atoms with Crippen molar-refractivity contribution in [1.29, 1.82) is 0 Å². The maximum Gasteiger partial charge on any atom is 0.233 e. The van der Waals surface area contributed by atoms with Crippen molar-refractivity contribution in [3.63, 3.8) is 0 Å². The molecule has 0 aliphatic heterocycles. The highest BCUT2D eigenvalue weighted by Gasteiger charge is 2.22. The second-order valence-electron chi connectivity index (χ2n) is 7.94. The molecule has 0 spiro atoms. The summed E-state index contributed by atoms with van der Waals surface area (Å²) in [6, 6.07) is 24.6. The molecule has 0 aliphatic carbocycles. The summed E-state index contributed by atoms with van der Waals surface area (Å²) < 4.78 is 2.17. The van der Waals surface area contributed by atoms with Crippen LogP contribution in [0.5, 0.6) is 0 Å². The number of aromatic nitrogens is 3. The van der Waals surface area contributed by atoms with Crippen molar-refractivity contribution in [1.82, 2.24) is 20.1 Å². The zero-order chi connectivity index (χ0) is 23.0. The van der Waals surface area contributed by atoms with Gasteiger partial charge in [0.25, 0.3) is 0 Å². The van der Waals surface area contributed by atoms with Crippen LogP contribution in [0.25, 0.3) is 0 Å². The Morgan fingerprint density at radius 2 is 1.73 bits per heavy atom. The molecule has 0 radical (unpaired) electrons. The molecule has 4 rings (SSSR count). The van der Waals surface area contributed by atoms with Crippen LogP contribution in [0.4, 0.5) is 0 Å². The number of hydrogen-bond acceptors (Lipinski definition) is 5. The van der Waals surface area contributed by atoms with Gasteiger partial charge in [0.1, 0.15) is 5.82 Å². The number of aryl methyl sites for hydroxylation is 1. The average molecular weight is 477 g/mol. The first-order valence-corrected chi connectivity index (χ1v) is 12.9. The maximum atomic E-state index is 12.9. The summed E-state index contributed by atoms with van der Waals surface area (Å²) in [6.45, 7) is 4.70. The zero-order valence-corrected chi connectivity index (χ0v) is 20.5. The molecule has 2 atom stereocenters. The van der Waals surface area contributed by atoms with Crippen LogP contribution in [0.1, 0.15) is 41.7 Å². The molecule has 0 bridgehead atoms. The molecule has 7 heteroatoms. The van der Waals surface area contributed by atoms with E-state index in [9.17, 15) is 4.79 Å². The van der Waals surface area contributed by atoms with E-state index in [0.717, 1.165) is 35.9 Å². The first-order valence-electron chi connectivity index (χ1n) is 11.1. The Balaban J connectivity index is 1.47. The first kappa shape index (κ1) is 23.3. The Morgan fingerprint density at radius 1 is 1.00 bits per heavy atom. The maximum absolute atomic E-state index is 12.9. The summed E-state index contributed by atoms with van der Waals surface area (Å²) in [4.78, 5) is 14.1. The second kappa shape index (κ2) is 11.3. The highest BCUT2D eigenvalue weighted by atomic mass is 32.2. The van der Waals surface area contributed by atoms with E-state index in [1.54, 1.807) is 11.3 Å². The predicted molar refractivity (Wildman–Crippen MR) is 136 cm³/mol. The molecule has 0 saturated heterocycles. The fourth-order valence-electron chi connectivity index (χ4n) is 3.58. The molecule has 33 heavy (non-hydrogen) atoms. The Morgan fingerprint density at radius 3 is 2.42 bits per heavy atom. The van der Waals surface area contributed by atoms with E-state index in [1.807, 2.05) is 50.2 Å². The van der Waals surface area contributed by atoms with E-state index < -0.39 is 0 Å². The normalized spacial score (nSPS) is 12.9. The molecule has 1 amide bonds. The highest BCUT2D eigenvalue weighted by Crippen LogP contribution is 2.25. The van der Waals surface area contributed by atoms with Gasteiger partial charge in [-0.2, -0.15) is 0 Å². The largest absolute Gasteiger partial charge is 0.349 e. The van der Waals surface area contributed by atoms with Crippen LogP contribution >= 0.6 is 23.1 Å². The number of rotatable bonds is 10. The van der Waals surface area contributed by atoms with Crippen LogP contribution in [0.3, 0.4) is 0 Å². The molecule has 0 saturated carbocycles. The smallest absolute Gasteiger partial charge is 0.233 e. The summed E-state index contributed by atoms with van der Waals surface area (Å²) in [5, 5.41) is 14.7. The van der Waals surface area contributed by atoms with Crippen LogP contribution in [-0.2, 0) is 24.2 Å². The van der Waals surface area contributed by atoms with Crippen molar-refractivity contribution in [3.8, 4) is 0 Å². The van der Waals surface area contributed by atoms with Gasteiger partial charge < -0.3 is 9.88 Å². The van der Waals surface area contributed by atoms with E-state index >= 15 is 0 Å². The topological polar surface area (TPSA) is 59.8 Å². The summed E-state index contributed by atoms with van der Waals surface area (Å²) in [7, 11) is 0. The van der Waals surface area contributed by atoms with Gasteiger partial charge in [-0.3, -0.25) is 4.79 Å². The Hall–Kier alpha value is -2.90. The molecule has 5 nitrogen and oxygen atoms in total. The molecule has 0 unspecified atom stereocenters. The Labute approximate surface area is 203 Å². The minimum atomic E-state index is -0.287. The number of amides is 1. The van der Waals surface area contributed by atoms with Gasteiger partial charge in [-0.1, -0.05) is 78.5 Å². The number of hydrogen-bond donors (Lipinski definition) is 1. The Kier molecular flexibility index (Phi) is 7.96. The monoisotopic (exact) mass is 476 g/mol. The van der Waals surface area contributed by atoms with E-state index in [4.69, 9.17) is 0 Å². The van der Waals surface area contributed by atoms with E-state index in [2.05, 4.69) is 61.9 Å². The van der Waals surface area contributed by atoms with Crippen molar-refractivity contribution in [3.05, 3.63) is 100 Å². The van der Waals surface area contributed by atoms with Crippen molar-refractivity contribution in [2.24, 2.45) is 0 Å². The second-order valence-corrected chi connectivity index (χ2v) is 10.3. The lowest BCUT2D eigenvalue weighted by Gasteiger charge is -2.18. The lowest BCUT2D eigenvalue weighted by Crippen LogP contribution is -2.33. The minimum absolute atomic E-state index is 0.00577. The fraction of sp³-hybridized carbons (Fsp3) is 0.269. The minimum Gasteiger partial charge on any atom is -0.349 e. The van der Waals surface area contributed by atoms with Crippen LogP contribution < -0.4 is 5.32 Å². The molecule has 170 valence electrons. The Bertz CT molecular complexity index is 1140. The molecule has 4 aromatic rings. The molecular weight excluding hydrogens is 448 g/mol. The lowest BCUT2D eigenvalue weighted by molar-refractivity contribution is -0.120. The van der Waals surface area contributed by atoms with E-state index in [-0.39, 0.29) is 17.2 Å². The zero-order valence-electron chi connectivity index (χ0n) is 18.8. The molecule has 0 aliphatic rings. The first-order chi connectivity index (χ1) is 16.1. The van der Waals surface area contributed by atoms with Crippen molar-refractivity contribution in [2.75, 3.05) is 0 Å². The third-order valence-corrected chi connectivity index (χ3v) is 7.44. The lowest BCUT2D eigenvalue weighted by atomic mass is 10.1. The number of carbonyl (C=O) groups is 1. The fourth-order valence-corrected chi connectivity index (χ4v) is 5.19.